The van der Waals surface area contributed by atoms with Crippen molar-refractivity contribution in [2.45, 2.75) is 31.8 Å². The highest BCUT2D eigenvalue weighted by molar-refractivity contribution is 7.15. The number of fused-ring (bicyclic) bond motifs is 1. The molecular formula is C20H22N4O2S. The number of piperidine rings is 1. The Morgan fingerprint density at radius 1 is 1.22 bits per heavy atom. The average molecular weight is 382 g/mol. The normalized spacial score (nSPS) is 15.9. The number of nitrogens with zero attached hydrogens (tertiary/aromatic N) is 3. The molecule has 1 aromatic carbocycles. The first-order chi connectivity index (χ1) is 13.2. The second-order valence-corrected chi connectivity index (χ2v) is 7.79. The van der Waals surface area contributed by atoms with Crippen LogP contribution in [-0.4, -0.2) is 39.3 Å². The van der Waals surface area contributed by atoms with Crippen molar-refractivity contribution >= 4 is 22.2 Å². The summed E-state index contributed by atoms with van der Waals surface area (Å²) in [4.78, 5) is 31.9. The summed E-state index contributed by atoms with van der Waals surface area (Å²) in [6.07, 6.45) is 4.01. The summed E-state index contributed by atoms with van der Waals surface area (Å²) in [6, 6.07) is 11.6. The van der Waals surface area contributed by atoms with Crippen LogP contribution in [0.2, 0.25) is 0 Å². The smallest absolute Gasteiger partial charge is 0.258 e. The van der Waals surface area contributed by atoms with Crippen molar-refractivity contribution in [1.82, 2.24) is 19.6 Å². The fraction of sp³-hybridized carbons (Fsp3) is 0.350. The van der Waals surface area contributed by atoms with Gasteiger partial charge in [0.15, 0.2) is 4.96 Å². The van der Waals surface area contributed by atoms with Gasteiger partial charge in [-0.2, -0.15) is 0 Å². The Hall–Kier alpha value is -2.51. The van der Waals surface area contributed by atoms with Crippen molar-refractivity contribution in [2.24, 2.45) is 0 Å². The maximum Gasteiger partial charge on any atom is 0.258 e. The molecule has 0 spiro atoms. The van der Waals surface area contributed by atoms with Gasteiger partial charge in [-0.25, -0.2) is 4.98 Å². The molecule has 1 fully saturated rings. The number of rotatable bonds is 5. The number of amides is 1. The number of carbonyl (C=O) groups excluding carboxylic acids is 1. The molecule has 7 heteroatoms. The van der Waals surface area contributed by atoms with Crippen molar-refractivity contribution in [1.29, 1.82) is 0 Å². The molecule has 1 saturated heterocycles. The molecule has 0 aliphatic carbocycles. The number of likely N-dealkylation sites (tertiary alicyclic amines) is 1. The van der Waals surface area contributed by atoms with E-state index in [0.717, 1.165) is 42.1 Å². The lowest BCUT2D eigenvalue weighted by Crippen LogP contribution is -2.44. The summed E-state index contributed by atoms with van der Waals surface area (Å²) in [6.45, 7) is 2.46. The highest BCUT2D eigenvalue weighted by Gasteiger charge is 2.21. The lowest BCUT2D eigenvalue weighted by atomic mass is 10.0. The molecular weight excluding hydrogens is 360 g/mol. The molecule has 1 aliphatic heterocycles. The van der Waals surface area contributed by atoms with E-state index >= 15 is 0 Å². The Morgan fingerprint density at radius 2 is 2.00 bits per heavy atom. The number of nitrogens with one attached hydrogen (secondary N) is 1. The average Bonchev–Trinajstić information content (AvgIpc) is 3.13. The van der Waals surface area contributed by atoms with Gasteiger partial charge < -0.3 is 5.32 Å². The van der Waals surface area contributed by atoms with Gasteiger partial charge in [0.2, 0.25) is 5.91 Å². The van der Waals surface area contributed by atoms with Gasteiger partial charge in [0.05, 0.1) is 12.1 Å². The predicted octanol–water partition coefficient (Wildman–Crippen LogP) is 2.08. The largest absolute Gasteiger partial charge is 0.353 e. The Morgan fingerprint density at radius 3 is 2.78 bits per heavy atom. The minimum Gasteiger partial charge on any atom is -0.353 e. The van der Waals surface area contributed by atoms with Gasteiger partial charge in [-0.05, 0) is 18.4 Å². The van der Waals surface area contributed by atoms with Crippen LogP contribution in [0.15, 0.2) is 52.8 Å². The van der Waals surface area contributed by atoms with Crippen LogP contribution in [0.25, 0.3) is 4.96 Å². The van der Waals surface area contributed by atoms with Gasteiger partial charge in [0.1, 0.15) is 0 Å². The van der Waals surface area contributed by atoms with Gasteiger partial charge in [0, 0.05) is 43.3 Å². The van der Waals surface area contributed by atoms with Crippen molar-refractivity contribution in [3.63, 3.8) is 0 Å². The Balaban J connectivity index is 1.28. The standard InChI is InChI=1S/C20H22N4O2S/c25-18(12-15-4-2-1-3-5-15)21-16-6-8-23(9-7-16)14-17-13-19(26)24-10-11-27-20(24)22-17/h1-5,10-11,13,16H,6-9,12,14H2,(H,21,25). The third-order valence-electron chi connectivity index (χ3n) is 4.90. The summed E-state index contributed by atoms with van der Waals surface area (Å²) >= 11 is 1.47. The predicted molar refractivity (Wildman–Crippen MR) is 106 cm³/mol. The summed E-state index contributed by atoms with van der Waals surface area (Å²) in [7, 11) is 0. The van der Waals surface area contributed by atoms with Crippen molar-refractivity contribution in [3.05, 3.63) is 69.6 Å². The molecule has 0 saturated carbocycles. The van der Waals surface area contributed by atoms with Crippen LogP contribution in [0.4, 0.5) is 0 Å². The minimum absolute atomic E-state index is 0.0284. The Kier molecular flexibility index (Phi) is 5.31. The van der Waals surface area contributed by atoms with Crippen LogP contribution < -0.4 is 10.9 Å². The van der Waals surface area contributed by atoms with E-state index in [9.17, 15) is 9.59 Å². The number of carbonyl (C=O) groups is 1. The summed E-state index contributed by atoms with van der Waals surface area (Å²) in [5.74, 6) is 0.0810. The zero-order valence-corrected chi connectivity index (χ0v) is 15.8. The summed E-state index contributed by atoms with van der Waals surface area (Å²) in [5.41, 5.74) is 1.82. The molecule has 1 amide bonds. The summed E-state index contributed by atoms with van der Waals surface area (Å²) < 4.78 is 1.57. The highest BCUT2D eigenvalue weighted by Crippen LogP contribution is 2.14. The van der Waals surface area contributed by atoms with Gasteiger partial charge in [0.25, 0.3) is 5.56 Å². The first-order valence-electron chi connectivity index (χ1n) is 9.19. The first-order valence-corrected chi connectivity index (χ1v) is 10.1. The van der Waals surface area contributed by atoms with E-state index in [0.29, 0.717) is 13.0 Å². The lowest BCUT2D eigenvalue weighted by Gasteiger charge is -2.32. The zero-order chi connectivity index (χ0) is 18.6. The number of hydrogen-bond donors (Lipinski definition) is 1. The van der Waals surface area contributed by atoms with E-state index in [4.69, 9.17) is 0 Å². The third-order valence-corrected chi connectivity index (χ3v) is 5.66. The Bertz CT molecular complexity index is 974. The lowest BCUT2D eigenvalue weighted by molar-refractivity contribution is -0.121. The van der Waals surface area contributed by atoms with Crippen LogP contribution in [0.1, 0.15) is 24.1 Å². The second-order valence-electron chi connectivity index (χ2n) is 6.92. The molecule has 27 heavy (non-hydrogen) atoms. The fourth-order valence-electron chi connectivity index (χ4n) is 3.49. The van der Waals surface area contributed by atoms with Crippen molar-refractivity contribution < 1.29 is 4.79 Å². The van der Waals surface area contributed by atoms with E-state index in [1.54, 1.807) is 16.7 Å². The zero-order valence-electron chi connectivity index (χ0n) is 15.0. The molecule has 3 heterocycles. The molecule has 0 unspecified atom stereocenters. The second kappa shape index (κ2) is 8.02. The van der Waals surface area contributed by atoms with Gasteiger partial charge in [-0.1, -0.05) is 30.3 Å². The SMILES string of the molecule is O=C(Cc1ccccc1)NC1CCN(Cc2cc(=O)n3ccsc3n2)CC1. The van der Waals surface area contributed by atoms with E-state index in [1.807, 2.05) is 35.7 Å². The molecule has 1 aliphatic rings. The molecule has 1 N–H and O–H groups in total. The fourth-order valence-corrected chi connectivity index (χ4v) is 4.23. The van der Waals surface area contributed by atoms with Crippen molar-refractivity contribution in [3.8, 4) is 0 Å². The number of thiazole rings is 1. The van der Waals surface area contributed by atoms with Crippen LogP contribution in [0.5, 0.6) is 0 Å². The molecule has 140 valence electrons. The summed E-state index contributed by atoms with van der Waals surface area (Å²) in [5, 5.41) is 5.02. The molecule has 0 bridgehead atoms. The van der Waals surface area contributed by atoms with Gasteiger partial charge >= 0.3 is 0 Å². The maximum atomic E-state index is 12.2. The van der Waals surface area contributed by atoms with Crippen LogP contribution in [0, 0.1) is 0 Å². The highest BCUT2D eigenvalue weighted by atomic mass is 32.1. The molecule has 4 rings (SSSR count). The van der Waals surface area contributed by atoms with Crippen molar-refractivity contribution in [2.75, 3.05) is 13.1 Å². The molecule has 3 aromatic rings. The first kappa shape index (κ1) is 17.9. The number of benzene rings is 1. The minimum atomic E-state index is -0.0284. The maximum absolute atomic E-state index is 12.2. The molecule has 2 aromatic heterocycles. The van der Waals surface area contributed by atoms with Crippen LogP contribution >= 0.6 is 11.3 Å². The Labute approximate surface area is 161 Å². The molecule has 6 nitrogen and oxygen atoms in total. The van der Waals surface area contributed by atoms with Crippen LogP contribution in [0.3, 0.4) is 0 Å². The van der Waals surface area contributed by atoms with E-state index in [1.165, 1.54) is 11.3 Å². The quantitative estimate of drug-likeness (QED) is 0.734. The van der Waals surface area contributed by atoms with E-state index in [-0.39, 0.29) is 17.5 Å². The monoisotopic (exact) mass is 382 g/mol. The number of aromatic nitrogens is 2. The molecule has 0 atom stereocenters. The van der Waals surface area contributed by atoms with Gasteiger partial charge in [-0.15, -0.1) is 11.3 Å². The van der Waals surface area contributed by atoms with E-state index in [2.05, 4.69) is 15.2 Å². The topological polar surface area (TPSA) is 66.7 Å². The number of hydrogen-bond acceptors (Lipinski definition) is 5. The van der Waals surface area contributed by atoms with Crippen LogP contribution in [-0.2, 0) is 17.8 Å². The third kappa shape index (κ3) is 4.43. The van der Waals surface area contributed by atoms with E-state index < -0.39 is 0 Å². The van der Waals surface area contributed by atoms with Gasteiger partial charge in [-0.3, -0.25) is 18.9 Å². The molecule has 0 radical (unpaired) electrons.